The number of ether oxygens (including phenoxy) is 1. The third-order valence-electron chi connectivity index (χ3n) is 2.37. The standard InChI is InChI=1S/C10H10F3NO.C2H6/c1-6-4-7(15-10(11,12)13)5-9-8(6)2-3-14-9;1-2/h4-5,14H,2-3H2,1H3;1-2H3. The van der Waals surface area contributed by atoms with Crippen LogP contribution in [0, 0.1) is 6.92 Å². The van der Waals surface area contributed by atoms with Crippen molar-refractivity contribution in [3.05, 3.63) is 23.3 Å². The zero-order chi connectivity index (χ0) is 13.1. The van der Waals surface area contributed by atoms with Gasteiger partial charge >= 0.3 is 6.36 Å². The Kier molecular flexibility index (Phi) is 4.26. The van der Waals surface area contributed by atoms with Crippen molar-refractivity contribution in [1.29, 1.82) is 0 Å². The minimum absolute atomic E-state index is 0.159. The summed E-state index contributed by atoms with van der Waals surface area (Å²) >= 11 is 0. The van der Waals surface area contributed by atoms with Gasteiger partial charge in [0, 0.05) is 18.3 Å². The topological polar surface area (TPSA) is 21.3 Å². The number of fused-ring (bicyclic) bond motifs is 1. The zero-order valence-electron chi connectivity index (χ0n) is 10.1. The molecule has 0 aromatic heterocycles. The smallest absolute Gasteiger partial charge is 0.406 e. The number of hydrogen-bond donors (Lipinski definition) is 1. The second-order valence-electron chi connectivity index (χ2n) is 3.49. The maximum Gasteiger partial charge on any atom is 0.573 e. The summed E-state index contributed by atoms with van der Waals surface area (Å²) < 4.78 is 39.8. The van der Waals surface area contributed by atoms with Crippen molar-refractivity contribution >= 4 is 5.69 Å². The summed E-state index contributed by atoms with van der Waals surface area (Å²) in [5.74, 6) is -0.159. The monoisotopic (exact) mass is 247 g/mol. The molecule has 0 aliphatic carbocycles. The average molecular weight is 247 g/mol. The zero-order valence-corrected chi connectivity index (χ0v) is 10.1. The second-order valence-corrected chi connectivity index (χ2v) is 3.49. The van der Waals surface area contributed by atoms with E-state index in [1.807, 2.05) is 13.8 Å². The lowest BCUT2D eigenvalue weighted by Crippen LogP contribution is -2.17. The summed E-state index contributed by atoms with van der Waals surface area (Å²) in [5.41, 5.74) is 2.65. The van der Waals surface area contributed by atoms with E-state index in [4.69, 9.17) is 0 Å². The van der Waals surface area contributed by atoms with E-state index < -0.39 is 6.36 Å². The van der Waals surface area contributed by atoms with Crippen molar-refractivity contribution < 1.29 is 17.9 Å². The lowest BCUT2D eigenvalue weighted by Gasteiger charge is -2.11. The van der Waals surface area contributed by atoms with Crippen molar-refractivity contribution in [3.63, 3.8) is 0 Å². The van der Waals surface area contributed by atoms with Gasteiger partial charge in [-0.3, -0.25) is 0 Å². The van der Waals surface area contributed by atoms with Crippen LogP contribution in [0.4, 0.5) is 18.9 Å². The Morgan fingerprint density at radius 1 is 1.24 bits per heavy atom. The van der Waals surface area contributed by atoms with E-state index in [-0.39, 0.29) is 5.75 Å². The molecule has 1 heterocycles. The molecule has 0 saturated heterocycles. The van der Waals surface area contributed by atoms with E-state index in [1.165, 1.54) is 12.1 Å². The van der Waals surface area contributed by atoms with E-state index in [0.29, 0.717) is 0 Å². The first-order chi connectivity index (χ1) is 7.96. The van der Waals surface area contributed by atoms with Gasteiger partial charge in [-0.05, 0) is 30.5 Å². The van der Waals surface area contributed by atoms with Crippen molar-refractivity contribution in [2.24, 2.45) is 0 Å². The highest BCUT2D eigenvalue weighted by molar-refractivity contribution is 5.61. The molecule has 0 saturated carbocycles. The molecule has 17 heavy (non-hydrogen) atoms. The molecule has 0 radical (unpaired) electrons. The van der Waals surface area contributed by atoms with Gasteiger partial charge in [0.25, 0.3) is 0 Å². The molecule has 0 fully saturated rings. The molecule has 1 aromatic carbocycles. The summed E-state index contributed by atoms with van der Waals surface area (Å²) in [6.45, 7) is 6.56. The van der Waals surface area contributed by atoms with Crippen molar-refractivity contribution in [1.82, 2.24) is 0 Å². The predicted octanol–water partition coefficient (Wildman–Crippen LogP) is 3.89. The van der Waals surface area contributed by atoms with Crippen LogP contribution in [0.5, 0.6) is 5.75 Å². The lowest BCUT2D eigenvalue weighted by atomic mass is 10.1. The first kappa shape index (κ1) is 13.7. The first-order valence-electron chi connectivity index (χ1n) is 5.59. The van der Waals surface area contributed by atoms with Gasteiger partial charge in [-0.2, -0.15) is 0 Å². The van der Waals surface area contributed by atoms with Crippen LogP contribution in [0.1, 0.15) is 25.0 Å². The van der Waals surface area contributed by atoms with Crippen LogP contribution < -0.4 is 10.1 Å². The lowest BCUT2D eigenvalue weighted by molar-refractivity contribution is -0.274. The fraction of sp³-hybridized carbons (Fsp3) is 0.500. The summed E-state index contributed by atoms with van der Waals surface area (Å²) in [6, 6.07) is 2.81. The van der Waals surface area contributed by atoms with Crippen LogP contribution in [0.25, 0.3) is 0 Å². The van der Waals surface area contributed by atoms with Crippen LogP contribution in [-0.4, -0.2) is 12.9 Å². The molecule has 2 nitrogen and oxygen atoms in total. The Morgan fingerprint density at radius 3 is 2.47 bits per heavy atom. The molecule has 1 N–H and O–H groups in total. The second kappa shape index (κ2) is 5.29. The van der Waals surface area contributed by atoms with Crippen LogP contribution in [-0.2, 0) is 6.42 Å². The summed E-state index contributed by atoms with van der Waals surface area (Å²) in [7, 11) is 0. The number of halogens is 3. The summed E-state index contributed by atoms with van der Waals surface area (Å²) in [5, 5.41) is 3.02. The predicted molar refractivity (Wildman–Crippen MR) is 61.4 cm³/mol. The number of benzene rings is 1. The highest BCUT2D eigenvalue weighted by Crippen LogP contribution is 2.32. The maximum absolute atomic E-state index is 12.0. The highest BCUT2D eigenvalue weighted by Gasteiger charge is 2.31. The van der Waals surface area contributed by atoms with Gasteiger partial charge in [-0.25, -0.2) is 0 Å². The largest absolute Gasteiger partial charge is 0.573 e. The average Bonchev–Trinajstić information content (AvgIpc) is 2.66. The van der Waals surface area contributed by atoms with Gasteiger partial charge < -0.3 is 10.1 Å². The number of alkyl halides is 3. The van der Waals surface area contributed by atoms with Crippen LogP contribution in [0.15, 0.2) is 12.1 Å². The molecular formula is C12H16F3NO. The molecule has 1 aliphatic heterocycles. The van der Waals surface area contributed by atoms with E-state index in [0.717, 1.165) is 29.8 Å². The Balaban J connectivity index is 0.000000686. The molecule has 0 amide bonds. The van der Waals surface area contributed by atoms with Gasteiger partial charge in [0.15, 0.2) is 0 Å². The Bertz CT molecular complexity index is 388. The number of nitrogens with one attached hydrogen (secondary N) is 1. The normalized spacial score (nSPS) is 13.3. The quantitative estimate of drug-likeness (QED) is 0.813. The third kappa shape index (κ3) is 3.54. The molecular weight excluding hydrogens is 231 g/mol. The van der Waals surface area contributed by atoms with E-state index in [9.17, 15) is 13.2 Å². The van der Waals surface area contributed by atoms with Gasteiger partial charge in [-0.15, -0.1) is 13.2 Å². The Morgan fingerprint density at radius 2 is 1.88 bits per heavy atom. The minimum Gasteiger partial charge on any atom is -0.406 e. The van der Waals surface area contributed by atoms with E-state index in [2.05, 4.69) is 10.1 Å². The summed E-state index contributed by atoms with van der Waals surface area (Å²) in [6.07, 6.45) is -3.77. The Labute approximate surface area is 98.8 Å². The fourth-order valence-electron chi connectivity index (χ4n) is 1.79. The van der Waals surface area contributed by atoms with Gasteiger partial charge in [0.2, 0.25) is 0 Å². The van der Waals surface area contributed by atoms with Gasteiger partial charge in [-0.1, -0.05) is 13.8 Å². The van der Waals surface area contributed by atoms with Crippen molar-refractivity contribution in [2.75, 3.05) is 11.9 Å². The molecule has 1 aromatic rings. The number of aryl methyl sites for hydroxylation is 1. The van der Waals surface area contributed by atoms with Crippen molar-refractivity contribution in [3.8, 4) is 5.75 Å². The van der Waals surface area contributed by atoms with Crippen LogP contribution in [0.2, 0.25) is 0 Å². The molecule has 0 bridgehead atoms. The first-order valence-corrected chi connectivity index (χ1v) is 5.59. The molecule has 0 spiro atoms. The van der Waals surface area contributed by atoms with E-state index in [1.54, 1.807) is 6.92 Å². The Hall–Kier alpha value is -1.39. The van der Waals surface area contributed by atoms with Crippen molar-refractivity contribution in [2.45, 2.75) is 33.6 Å². The number of hydrogen-bond acceptors (Lipinski definition) is 2. The number of rotatable bonds is 1. The minimum atomic E-state index is -4.63. The number of anilines is 1. The highest BCUT2D eigenvalue weighted by atomic mass is 19.4. The van der Waals surface area contributed by atoms with Crippen LogP contribution in [0.3, 0.4) is 0 Å². The third-order valence-corrected chi connectivity index (χ3v) is 2.37. The molecule has 5 heteroatoms. The molecule has 0 unspecified atom stereocenters. The van der Waals surface area contributed by atoms with Gasteiger partial charge in [0.1, 0.15) is 5.75 Å². The van der Waals surface area contributed by atoms with E-state index >= 15 is 0 Å². The summed E-state index contributed by atoms with van der Waals surface area (Å²) in [4.78, 5) is 0. The molecule has 96 valence electrons. The maximum atomic E-state index is 12.0. The van der Waals surface area contributed by atoms with Crippen LogP contribution >= 0.6 is 0 Å². The van der Waals surface area contributed by atoms with Gasteiger partial charge in [0.05, 0.1) is 0 Å². The fourth-order valence-corrected chi connectivity index (χ4v) is 1.79. The molecule has 2 rings (SSSR count). The SMILES string of the molecule is CC.Cc1cc(OC(F)(F)F)cc2c1CCN2. The molecule has 0 atom stereocenters. The molecule has 1 aliphatic rings.